The van der Waals surface area contributed by atoms with E-state index in [9.17, 15) is 4.79 Å². The van der Waals surface area contributed by atoms with Crippen LogP contribution in [0.5, 0.6) is 5.75 Å². The Morgan fingerprint density at radius 1 is 1.40 bits per heavy atom. The molecule has 0 bridgehead atoms. The first-order valence-corrected chi connectivity index (χ1v) is 7.41. The van der Waals surface area contributed by atoms with E-state index < -0.39 is 0 Å². The van der Waals surface area contributed by atoms with Crippen LogP contribution in [0, 0.1) is 0 Å². The van der Waals surface area contributed by atoms with E-state index in [1.165, 1.54) is 19.3 Å². The van der Waals surface area contributed by atoms with Crippen molar-refractivity contribution in [1.29, 1.82) is 0 Å². The van der Waals surface area contributed by atoms with Gasteiger partial charge in [0, 0.05) is 6.04 Å². The normalized spacial score (nSPS) is 19.6. The van der Waals surface area contributed by atoms with Crippen LogP contribution >= 0.6 is 0 Å². The molecule has 4 heteroatoms. The number of likely N-dealkylation sites (tertiary alicyclic amines) is 1. The van der Waals surface area contributed by atoms with E-state index in [0.717, 1.165) is 18.7 Å². The average molecular weight is 276 g/mol. The highest BCUT2D eigenvalue weighted by Crippen LogP contribution is 2.23. The molecule has 0 aromatic heterocycles. The number of para-hydroxylation sites is 2. The second kappa shape index (κ2) is 7.29. The summed E-state index contributed by atoms with van der Waals surface area (Å²) in [6, 6.07) is 8.06. The molecular formula is C16H24N2O2. The number of anilines is 1. The van der Waals surface area contributed by atoms with E-state index in [4.69, 9.17) is 4.74 Å². The Bertz CT molecular complexity index is 448. The Morgan fingerprint density at radius 3 is 2.95 bits per heavy atom. The van der Waals surface area contributed by atoms with Gasteiger partial charge in [-0.2, -0.15) is 0 Å². The summed E-state index contributed by atoms with van der Waals surface area (Å²) in [7, 11) is 1.61. The van der Waals surface area contributed by atoms with E-state index in [1.807, 2.05) is 24.3 Å². The molecule has 0 unspecified atom stereocenters. The fourth-order valence-electron chi connectivity index (χ4n) is 2.85. The molecule has 0 aliphatic carbocycles. The van der Waals surface area contributed by atoms with E-state index in [-0.39, 0.29) is 5.91 Å². The third-order valence-corrected chi connectivity index (χ3v) is 3.95. The standard InChI is InChI=1S/C16H24N2O2/c1-3-13-8-6-7-11-18(13)12-16(19)17-14-9-4-5-10-15(14)20-2/h4-5,9-10,13H,3,6-8,11-12H2,1-2H3,(H,17,19)/t13-/m1/s1. The third-order valence-electron chi connectivity index (χ3n) is 3.95. The van der Waals surface area contributed by atoms with Crippen LogP contribution < -0.4 is 10.1 Å². The molecule has 1 fully saturated rings. The third kappa shape index (κ3) is 3.73. The Labute approximate surface area is 121 Å². The van der Waals surface area contributed by atoms with Gasteiger partial charge in [0.05, 0.1) is 19.3 Å². The number of hydrogen-bond acceptors (Lipinski definition) is 3. The molecule has 0 radical (unpaired) electrons. The van der Waals surface area contributed by atoms with Crippen LogP contribution in [0.1, 0.15) is 32.6 Å². The van der Waals surface area contributed by atoms with Crippen LogP contribution in [-0.2, 0) is 4.79 Å². The van der Waals surface area contributed by atoms with Gasteiger partial charge in [0.25, 0.3) is 0 Å². The number of amides is 1. The number of piperidine rings is 1. The zero-order chi connectivity index (χ0) is 14.4. The Hall–Kier alpha value is -1.55. The number of hydrogen-bond donors (Lipinski definition) is 1. The Balaban J connectivity index is 1.94. The molecule has 20 heavy (non-hydrogen) atoms. The largest absolute Gasteiger partial charge is 0.495 e. The molecule has 1 aromatic rings. The van der Waals surface area contributed by atoms with Gasteiger partial charge in [0.2, 0.25) is 5.91 Å². The first-order chi connectivity index (χ1) is 9.74. The SMILES string of the molecule is CC[C@@H]1CCCCN1CC(=O)Nc1ccccc1OC. The molecule has 2 rings (SSSR count). The van der Waals surface area contributed by atoms with Gasteiger partial charge in [-0.15, -0.1) is 0 Å². The van der Waals surface area contributed by atoms with Crippen molar-refractivity contribution in [2.75, 3.05) is 25.5 Å². The number of carbonyl (C=O) groups is 1. The summed E-state index contributed by atoms with van der Waals surface area (Å²) in [5.74, 6) is 0.737. The number of rotatable bonds is 5. The van der Waals surface area contributed by atoms with Gasteiger partial charge in [0.15, 0.2) is 0 Å². The molecule has 1 aromatic carbocycles. The second-order valence-corrected chi connectivity index (χ2v) is 5.28. The lowest BCUT2D eigenvalue weighted by Crippen LogP contribution is -2.43. The molecule has 1 amide bonds. The number of methoxy groups -OCH3 is 1. The maximum Gasteiger partial charge on any atom is 0.238 e. The maximum atomic E-state index is 12.2. The lowest BCUT2D eigenvalue weighted by atomic mass is 10.00. The average Bonchev–Trinajstić information content (AvgIpc) is 2.48. The molecule has 1 N–H and O–H groups in total. The van der Waals surface area contributed by atoms with Gasteiger partial charge in [-0.05, 0) is 37.9 Å². The molecule has 1 aliphatic heterocycles. The fraction of sp³-hybridized carbons (Fsp3) is 0.562. The quantitative estimate of drug-likeness (QED) is 0.899. The Morgan fingerprint density at radius 2 is 2.20 bits per heavy atom. The molecule has 1 atom stereocenters. The molecular weight excluding hydrogens is 252 g/mol. The highest BCUT2D eigenvalue weighted by molar-refractivity contribution is 5.93. The van der Waals surface area contributed by atoms with Crippen molar-refractivity contribution in [3.63, 3.8) is 0 Å². The van der Waals surface area contributed by atoms with Crippen molar-refractivity contribution >= 4 is 11.6 Å². The predicted molar refractivity (Wildman–Crippen MR) is 81.1 cm³/mol. The second-order valence-electron chi connectivity index (χ2n) is 5.28. The van der Waals surface area contributed by atoms with Crippen LogP contribution in [0.15, 0.2) is 24.3 Å². The number of benzene rings is 1. The fourth-order valence-corrected chi connectivity index (χ4v) is 2.85. The van der Waals surface area contributed by atoms with Crippen LogP contribution in [0.3, 0.4) is 0 Å². The lowest BCUT2D eigenvalue weighted by Gasteiger charge is -2.34. The first-order valence-electron chi connectivity index (χ1n) is 7.41. The zero-order valence-corrected chi connectivity index (χ0v) is 12.4. The van der Waals surface area contributed by atoms with Crippen molar-refractivity contribution in [3.05, 3.63) is 24.3 Å². The predicted octanol–water partition coefficient (Wildman–Crippen LogP) is 2.90. The molecule has 1 heterocycles. The van der Waals surface area contributed by atoms with Crippen molar-refractivity contribution in [1.82, 2.24) is 4.90 Å². The van der Waals surface area contributed by atoms with Crippen LogP contribution in [0.2, 0.25) is 0 Å². The monoisotopic (exact) mass is 276 g/mol. The molecule has 1 aliphatic rings. The van der Waals surface area contributed by atoms with Gasteiger partial charge in [-0.1, -0.05) is 25.5 Å². The van der Waals surface area contributed by atoms with Gasteiger partial charge in [-0.3, -0.25) is 9.69 Å². The summed E-state index contributed by atoms with van der Waals surface area (Å²) in [6.45, 7) is 3.69. The van der Waals surface area contributed by atoms with E-state index in [2.05, 4.69) is 17.1 Å². The van der Waals surface area contributed by atoms with E-state index in [1.54, 1.807) is 7.11 Å². The van der Waals surface area contributed by atoms with Crippen molar-refractivity contribution in [2.45, 2.75) is 38.6 Å². The van der Waals surface area contributed by atoms with Gasteiger partial charge < -0.3 is 10.1 Å². The van der Waals surface area contributed by atoms with Crippen molar-refractivity contribution in [2.24, 2.45) is 0 Å². The molecule has 0 saturated carbocycles. The van der Waals surface area contributed by atoms with Crippen molar-refractivity contribution in [3.8, 4) is 5.75 Å². The lowest BCUT2D eigenvalue weighted by molar-refractivity contribution is -0.118. The molecule has 110 valence electrons. The van der Waals surface area contributed by atoms with Crippen molar-refractivity contribution < 1.29 is 9.53 Å². The number of nitrogens with one attached hydrogen (secondary N) is 1. The van der Waals surface area contributed by atoms with E-state index in [0.29, 0.717) is 18.3 Å². The van der Waals surface area contributed by atoms with Gasteiger partial charge in [0.1, 0.15) is 5.75 Å². The summed E-state index contributed by atoms with van der Waals surface area (Å²) in [4.78, 5) is 14.5. The minimum absolute atomic E-state index is 0.0369. The minimum atomic E-state index is 0.0369. The smallest absolute Gasteiger partial charge is 0.238 e. The zero-order valence-electron chi connectivity index (χ0n) is 12.4. The molecule has 4 nitrogen and oxygen atoms in total. The summed E-state index contributed by atoms with van der Waals surface area (Å²) in [6.07, 6.45) is 4.79. The van der Waals surface area contributed by atoms with Gasteiger partial charge >= 0.3 is 0 Å². The minimum Gasteiger partial charge on any atom is -0.495 e. The maximum absolute atomic E-state index is 12.2. The topological polar surface area (TPSA) is 41.6 Å². The number of carbonyl (C=O) groups excluding carboxylic acids is 1. The molecule has 1 saturated heterocycles. The Kier molecular flexibility index (Phi) is 5.41. The number of ether oxygens (including phenoxy) is 1. The summed E-state index contributed by atoms with van der Waals surface area (Å²) in [5.41, 5.74) is 0.741. The van der Waals surface area contributed by atoms with Crippen LogP contribution in [0.4, 0.5) is 5.69 Å². The summed E-state index contributed by atoms with van der Waals surface area (Å²) >= 11 is 0. The first kappa shape index (κ1) is 14.9. The summed E-state index contributed by atoms with van der Waals surface area (Å²) in [5, 5.41) is 2.95. The van der Waals surface area contributed by atoms with E-state index >= 15 is 0 Å². The molecule has 0 spiro atoms. The van der Waals surface area contributed by atoms with Gasteiger partial charge in [-0.25, -0.2) is 0 Å². The van der Waals surface area contributed by atoms with Crippen LogP contribution in [0.25, 0.3) is 0 Å². The highest BCUT2D eigenvalue weighted by Gasteiger charge is 2.22. The highest BCUT2D eigenvalue weighted by atomic mass is 16.5. The van der Waals surface area contributed by atoms with Crippen LogP contribution in [-0.4, -0.2) is 37.0 Å². The summed E-state index contributed by atoms with van der Waals surface area (Å²) < 4.78 is 5.25. The number of nitrogens with zero attached hydrogens (tertiary/aromatic N) is 1.